The van der Waals surface area contributed by atoms with E-state index in [0.717, 1.165) is 18.2 Å². The van der Waals surface area contributed by atoms with Crippen LogP contribution in [0.2, 0.25) is 10.0 Å². The predicted octanol–water partition coefficient (Wildman–Crippen LogP) is 4.50. The Morgan fingerprint density at radius 1 is 1.09 bits per heavy atom. The van der Waals surface area contributed by atoms with E-state index >= 15 is 0 Å². The molecule has 116 valence electrons. The summed E-state index contributed by atoms with van der Waals surface area (Å²) < 4.78 is 23.7. The number of ether oxygens (including phenoxy) is 2. The molecule has 2 aromatic rings. The Balaban J connectivity index is 1.97. The number of nitro benzene ring substituents is 1. The van der Waals surface area contributed by atoms with Gasteiger partial charge in [-0.1, -0.05) is 29.3 Å². The molecule has 0 radical (unpaired) electrons. The molecular weight excluding hydrogens is 336 g/mol. The Morgan fingerprint density at radius 2 is 1.73 bits per heavy atom. The molecule has 22 heavy (non-hydrogen) atoms. The van der Waals surface area contributed by atoms with Gasteiger partial charge in [0.25, 0.3) is 0 Å². The van der Waals surface area contributed by atoms with E-state index in [1.807, 2.05) is 0 Å². The molecule has 0 fully saturated rings. The normalized spacial score (nSPS) is 10.3. The van der Waals surface area contributed by atoms with Crippen molar-refractivity contribution in [3.63, 3.8) is 0 Å². The maximum atomic E-state index is 13.1. The molecule has 0 aliphatic rings. The highest BCUT2D eigenvalue weighted by atomic mass is 35.5. The second-order valence-corrected chi connectivity index (χ2v) is 4.93. The van der Waals surface area contributed by atoms with Crippen molar-refractivity contribution in [2.75, 3.05) is 13.2 Å². The van der Waals surface area contributed by atoms with Crippen LogP contribution in [0.5, 0.6) is 11.5 Å². The smallest absolute Gasteiger partial charge is 0.311 e. The number of halogens is 3. The van der Waals surface area contributed by atoms with Crippen molar-refractivity contribution in [1.82, 2.24) is 0 Å². The molecule has 0 N–H and O–H groups in total. The molecule has 0 heterocycles. The van der Waals surface area contributed by atoms with Gasteiger partial charge in [0.2, 0.25) is 0 Å². The lowest BCUT2D eigenvalue weighted by molar-refractivity contribution is -0.385. The molecule has 2 rings (SSSR count). The van der Waals surface area contributed by atoms with Gasteiger partial charge in [0, 0.05) is 12.1 Å². The number of benzene rings is 2. The molecule has 0 bridgehead atoms. The van der Waals surface area contributed by atoms with E-state index in [2.05, 4.69) is 0 Å². The van der Waals surface area contributed by atoms with Crippen LogP contribution in [-0.2, 0) is 0 Å². The van der Waals surface area contributed by atoms with Crippen LogP contribution in [0.3, 0.4) is 0 Å². The van der Waals surface area contributed by atoms with Crippen LogP contribution in [0.15, 0.2) is 36.4 Å². The van der Waals surface area contributed by atoms with Crippen LogP contribution in [0.4, 0.5) is 10.1 Å². The third kappa shape index (κ3) is 3.99. The summed E-state index contributed by atoms with van der Waals surface area (Å²) in [6.45, 7) is 0.00294. The zero-order valence-corrected chi connectivity index (χ0v) is 12.6. The number of para-hydroxylation sites is 1. The minimum atomic E-state index is -0.652. The molecular formula is C14H10Cl2FNO4. The summed E-state index contributed by atoms with van der Waals surface area (Å²) in [6, 6.07) is 7.87. The molecule has 5 nitrogen and oxygen atoms in total. The van der Waals surface area contributed by atoms with E-state index in [0.29, 0.717) is 15.8 Å². The highest BCUT2D eigenvalue weighted by Gasteiger charge is 2.16. The second-order valence-electron chi connectivity index (χ2n) is 4.12. The maximum absolute atomic E-state index is 13.1. The van der Waals surface area contributed by atoms with Gasteiger partial charge in [0.15, 0.2) is 11.5 Å². The van der Waals surface area contributed by atoms with E-state index < -0.39 is 10.7 Å². The topological polar surface area (TPSA) is 61.6 Å². The van der Waals surface area contributed by atoms with Gasteiger partial charge in [-0.2, -0.15) is 0 Å². The fraction of sp³-hybridized carbons (Fsp3) is 0.143. The lowest BCUT2D eigenvalue weighted by Crippen LogP contribution is -2.10. The Kier molecular flexibility index (Phi) is 5.41. The first-order chi connectivity index (χ1) is 10.5. The number of nitrogens with zero attached hydrogens (tertiary/aromatic N) is 1. The molecule has 0 spiro atoms. The number of rotatable bonds is 6. The van der Waals surface area contributed by atoms with Gasteiger partial charge in [-0.15, -0.1) is 0 Å². The van der Waals surface area contributed by atoms with Gasteiger partial charge in [0.1, 0.15) is 19.0 Å². The van der Waals surface area contributed by atoms with Gasteiger partial charge in [-0.05, 0) is 18.2 Å². The average Bonchev–Trinajstić information content (AvgIpc) is 2.45. The van der Waals surface area contributed by atoms with Crippen molar-refractivity contribution in [3.8, 4) is 11.5 Å². The van der Waals surface area contributed by atoms with Crippen molar-refractivity contribution in [2.24, 2.45) is 0 Å². The van der Waals surface area contributed by atoms with Crippen LogP contribution in [0, 0.1) is 15.9 Å². The fourth-order valence-corrected chi connectivity index (χ4v) is 2.18. The number of hydrogen-bond donors (Lipinski definition) is 0. The summed E-state index contributed by atoms with van der Waals surface area (Å²) in [4.78, 5) is 10.2. The van der Waals surface area contributed by atoms with E-state index in [1.165, 1.54) is 0 Å². The largest absolute Gasteiger partial charge is 0.487 e. The van der Waals surface area contributed by atoms with E-state index in [-0.39, 0.29) is 24.7 Å². The first kappa shape index (κ1) is 16.3. The monoisotopic (exact) mass is 345 g/mol. The molecule has 0 aliphatic carbocycles. The predicted molar refractivity (Wildman–Crippen MR) is 80.5 cm³/mol. The van der Waals surface area contributed by atoms with E-state index in [4.69, 9.17) is 32.7 Å². The second kappa shape index (κ2) is 7.29. The average molecular weight is 346 g/mol. The lowest BCUT2D eigenvalue weighted by atomic mass is 10.3. The van der Waals surface area contributed by atoms with Gasteiger partial charge < -0.3 is 9.47 Å². The van der Waals surface area contributed by atoms with Gasteiger partial charge in [0.05, 0.1) is 15.0 Å². The van der Waals surface area contributed by atoms with Gasteiger partial charge >= 0.3 is 5.69 Å². The molecule has 0 unspecified atom stereocenters. The van der Waals surface area contributed by atoms with Gasteiger partial charge in [-0.25, -0.2) is 4.39 Å². The summed E-state index contributed by atoms with van der Waals surface area (Å²) in [5.74, 6) is -0.502. The Hall–Kier alpha value is -2.05. The third-order valence-electron chi connectivity index (χ3n) is 2.62. The van der Waals surface area contributed by atoms with Crippen molar-refractivity contribution >= 4 is 28.9 Å². The summed E-state index contributed by atoms with van der Waals surface area (Å²) in [6.07, 6.45) is 0. The lowest BCUT2D eigenvalue weighted by Gasteiger charge is -2.11. The van der Waals surface area contributed by atoms with Crippen LogP contribution >= 0.6 is 23.2 Å². The van der Waals surface area contributed by atoms with Gasteiger partial charge in [-0.3, -0.25) is 10.1 Å². The van der Waals surface area contributed by atoms with Crippen LogP contribution in [-0.4, -0.2) is 18.1 Å². The quantitative estimate of drug-likeness (QED) is 0.439. The van der Waals surface area contributed by atoms with Crippen LogP contribution in [0.25, 0.3) is 0 Å². The van der Waals surface area contributed by atoms with Crippen molar-refractivity contribution in [1.29, 1.82) is 0 Å². The molecule has 0 amide bonds. The SMILES string of the molecule is O=[N+]([O-])c1ccc(F)cc1OCCOc1c(Cl)cccc1Cl. The van der Waals surface area contributed by atoms with Crippen LogP contribution < -0.4 is 9.47 Å². The molecule has 0 aromatic heterocycles. The van der Waals surface area contributed by atoms with Crippen molar-refractivity contribution in [3.05, 3.63) is 62.4 Å². The molecule has 2 aromatic carbocycles. The van der Waals surface area contributed by atoms with E-state index in [1.54, 1.807) is 18.2 Å². The highest BCUT2D eigenvalue weighted by Crippen LogP contribution is 2.32. The molecule has 0 saturated carbocycles. The summed E-state index contributed by atoms with van der Waals surface area (Å²) in [5, 5.41) is 11.5. The molecule has 0 saturated heterocycles. The fourth-order valence-electron chi connectivity index (χ4n) is 1.67. The molecule has 8 heteroatoms. The van der Waals surface area contributed by atoms with Crippen LogP contribution in [0.1, 0.15) is 0 Å². The Bertz CT molecular complexity index is 676. The van der Waals surface area contributed by atoms with Crippen molar-refractivity contribution < 1.29 is 18.8 Å². The summed E-state index contributed by atoms with van der Waals surface area (Å²) in [5.41, 5.74) is -0.322. The zero-order valence-electron chi connectivity index (χ0n) is 11.1. The minimum absolute atomic E-state index is 0.0359. The number of hydrogen-bond acceptors (Lipinski definition) is 4. The minimum Gasteiger partial charge on any atom is -0.487 e. The standard InChI is InChI=1S/C14H10Cl2FNO4/c15-10-2-1-3-11(16)14(10)22-7-6-21-13-8-9(17)4-5-12(13)18(19)20/h1-5,8H,6-7H2. The summed E-state index contributed by atoms with van der Waals surface area (Å²) >= 11 is 11.8. The highest BCUT2D eigenvalue weighted by molar-refractivity contribution is 6.37. The summed E-state index contributed by atoms with van der Waals surface area (Å²) in [7, 11) is 0. The van der Waals surface area contributed by atoms with Crippen molar-refractivity contribution in [2.45, 2.75) is 0 Å². The Morgan fingerprint density at radius 3 is 2.36 bits per heavy atom. The third-order valence-corrected chi connectivity index (χ3v) is 3.22. The first-order valence-electron chi connectivity index (χ1n) is 6.12. The maximum Gasteiger partial charge on any atom is 0.311 e. The number of nitro groups is 1. The first-order valence-corrected chi connectivity index (χ1v) is 6.88. The molecule has 0 atom stereocenters. The zero-order chi connectivity index (χ0) is 16.1. The Labute approximate surface area is 135 Å². The van der Waals surface area contributed by atoms with E-state index in [9.17, 15) is 14.5 Å². The molecule has 0 aliphatic heterocycles.